The fourth-order valence-electron chi connectivity index (χ4n) is 1.07. The van der Waals surface area contributed by atoms with Crippen molar-refractivity contribution in [3.05, 3.63) is 12.4 Å². The van der Waals surface area contributed by atoms with Gasteiger partial charge < -0.3 is 4.90 Å². The van der Waals surface area contributed by atoms with Gasteiger partial charge in [0.15, 0.2) is 0 Å². The van der Waals surface area contributed by atoms with E-state index in [0.29, 0.717) is 0 Å². The van der Waals surface area contributed by atoms with Crippen molar-refractivity contribution in [2.24, 2.45) is 0 Å². The number of anilines is 1. The molecule has 4 heteroatoms. The monoisotopic (exact) mass is 147 g/mol. The van der Waals surface area contributed by atoms with Gasteiger partial charge in [-0.1, -0.05) is 5.46 Å². The molecule has 2 rings (SSSR count). The van der Waals surface area contributed by atoms with Crippen LogP contribution in [0.2, 0.25) is 0 Å². The van der Waals surface area contributed by atoms with Crippen LogP contribution in [-0.4, -0.2) is 30.9 Å². The molecule has 0 saturated carbocycles. The summed E-state index contributed by atoms with van der Waals surface area (Å²) in [5.41, 5.74) is 1.12. The van der Waals surface area contributed by atoms with Crippen LogP contribution in [0.5, 0.6) is 0 Å². The molecule has 2 heterocycles. The third-order valence-corrected chi connectivity index (χ3v) is 1.91. The van der Waals surface area contributed by atoms with Crippen molar-refractivity contribution < 1.29 is 0 Å². The van der Waals surface area contributed by atoms with Crippen LogP contribution in [0.3, 0.4) is 0 Å². The van der Waals surface area contributed by atoms with Crippen LogP contribution in [0.1, 0.15) is 6.42 Å². The molecule has 0 amide bonds. The van der Waals surface area contributed by atoms with Gasteiger partial charge in [0.2, 0.25) is 5.95 Å². The lowest BCUT2D eigenvalue weighted by Crippen LogP contribution is -2.38. The van der Waals surface area contributed by atoms with Gasteiger partial charge in [0.05, 0.1) is 0 Å². The molecule has 0 N–H and O–H groups in total. The number of rotatable bonds is 1. The fraction of sp³-hybridized carbons (Fsp3) is 0.429. The van der Waals surface area contributed by atoms with E-state index >= 15 is 0 Å². The third-order valence-electron chi connectivity index (χ3n) is 1.91. The van der Waals surface area contributed by atoms with Crippen molar-refractivity contribution in [1.29, 1.82) is 0 Å². The summed E-state index contributed by atoms with van der Waals surface area (Å²) in [4.78, 5) is 10.6. The highest BCUT2D eigenvalue weighted by Crippen LogP contribution is 2.12. The number of hydrogen-bond acceptors (Lipinski definition) is 3. The zero-order valence-corrected chi connectivity index (χ0v) is 6.62. The lowest BCUT2D eigenvalue weighted by Gasteiger charge is -2.30. The minimum absolute atomic E-state index is 0.877. The van der Waals surface area contributed by atoms with Crippen LogP contribution >= 0.6 is 0 Å². The van der Waals surface area contributed by atoms with Crippen LogP contribution in [0.4, 0.5) is 5.95 Å². The Balaban J connectivity index is 2.18. The van der Waals surface area contributed by atoms with Crippen molar-refractivity contribution in [2.45, 2.75) is 6.42 Å². The molecule has 0 spiro atoms. The topological polar surface area (TPSA) is 29.0 Å². The van der Waals surface area contributed by atoms with Gasteiger partial charge in [0, 0.05) is 25.5 Å². The highest BCUT2D eigenvalue weighted by atomic mass is 15.3. The van der Waals surface area contributed by atoms with E-state index in [-0.39, 0.29) is 0 Å². The second kappa shape index (κ2) is 2.53. The molecule has 1 aliphatic rings. The van der Waals surface area contributed by atoms with Gasteiger partial charge in [0.1, 0.15) is 7.85 Å². The first-order valence-corrected chi connectivity index (χ1v) is 3.90. The summed E-state index contributed by atoms with van der Waals surface area (Å²) in [5, 5.41) is 0. The van der Waals surface area contributed by atoms with Crippen molar-refractivity contribution in [2.75, 3.05) is 18.0 Å². The standard InChI is InChI=1S/C7H10BN3/c8-6-4-9-7(10-5-6)11-2-1-3-11/h4-5H,1-3,8H2. The van der Waals surface area contributed by atoms with Crippen LogP contribution in [0.15, 0.2) is 12.4 Å². The van der Waals surface area contributed by atoms with Crippen LogP contribution in [0, 0.1) is 0 Å². The predicted octanol–water partition coefficient (Wildman–Crippen LogP) is -1.05. The zero-order chi connectivity index (χ0) is 7.68. The summed E-state index contributed by atoms with van der Waals surface area (Å²) in [6, 6.07) is 0. The van der Waals surface area contributed by atoms with Gasteiger partial charge >= 0.3 is 0 Å². The Hall–Kier alpha value is -1.06. The number of hydrogen-bond donors (Lipinski definition) is 0. The Morgan fingerprint density at radius 1 is 1.27 bits per heavy atom. The molecule has 56 valence electrons. The van der Waals surface area contributed by atoms with Crippen LogP contribution in [0.25, 0.3) is 0 Å². The molecule has 0 aromatic carbocycles. The summed E-state index contributed by atoms with van der Waals surface area (Å²) >= 11 is 0. The van der Waals surface area contributed by atoms with Gasteiger partial charge in [-0.05, 0) is 6.42 Å². The van der Waals surface area contributed by atoms with E-state index in [0.717, 1.165) is 24.5 Å². The maximum Gasteiger partial charge on any atom is 0.225 e. The molecular weight excluding hydrogens is 137 g/mol. The summed E-state index contributed by atoms with van der Waals surface area (Å²) < 4.78 is 0. The zero-order valence-electron chi connectivity index (χ0n) is 6.62. The molecule has 1 aromatic heterocycles. The SMILES string of the molecule is Bc1cnc(N2CCC2)nc1. The minimum atomic E-state index is 0.877. The summed E-state index contributed by atoms with van der Waals surface area (Å²) in [5.74, 6) is 0.877. The third kappa shape index (κ3) is 1.20. The van der Waals surface area contributed by atoms with Crippen LogP contribution in [-0.2, 0) is 0 Å². The second-order valence-corrected chi connectivity index (χ2v) is 2.90. The number of aromatic nitrogens is 2. The minimum Gasteiger partial charge on any atom is -0.341 e. The lowest BCUT2D eigenvalue weighted by molar-refractivity contribution is 0.600. The van der Waals surface area contributed by atoms with E-state index in [1.165, 1.54) is 6.42 Å². The van der Waals surface area contributed by atoms with E-state index in [4.69, 9.17) is 0 Å². The van der Waals surface area contributed by atoms with Crippen LogP contribution < -0.4 is 10.4 Å². The van der Waals surface area contributed by atoms with Gasteiger partial charge in [-0.25, -0.2) is 9.97 Å². The van der Waals surface area contributed by atoms with E-state index in [1.807, 2.05) is 20.2 Å². The Labute approximate surface area is 66.9 Å². The molecule has 0 radical (unpaired) electrons. The lowest BCUT2D eigenvalue weighted by atomic mass is 10.0. The number of nitrogens with zero attached hydrogens (tertiary/aromatic N) is 3. The smallest absolute Gasteiger partial charge is 0.225 e. The first-order chi connectivity index (χ1) is 5.36. The molecule has 1 fully saturated rings. The Kier molecular flexibility index (Phi) is 1.53. The first kappa shape index (κ1) is 6.64. The summed E-state index contributed by atoms with van der Waals surface area (Å²) in [6.07, 6.45) is 5.00. The van der Waals surface area contributed by atoms with Gasteiger partial charge in [-0.2, -0.15) is 0 Å². The molecule has 1 aromatic rings. The van der Waals surface area contributed by atoms with E-state index in [1.54, 1.807) is 0 Å². The molecule has 0 atom stereocenters. The quantitative estimate of drug-likeness (QED) is 0.474. The summed E-state index contributed by atoms with van der Waals surface area (Å²) in [6.45, 7) is 2.23. The first-order valence-electron chi connectivity index (χ1n) is 3.90. The normalized spacial score (nSPS) is 16.2. The summed E-state index contributed by atoms with van der Waals surface area (Å²) in [7, 11) is 2.00. The molecule has 0 unspecified atom stereocenters. The van der Waals surface area contributed by atoms with Crippen molar-refractivity contribution in [1.82, 2.24) is 9.97 Å². The van der Waals surface area contributed by atoms with Crippen molar-refractivity contribution in [3.8, 4) is 0 Å². The molecule has 1 aliphatic heterocycles. The highest BCUT2D eigenvalue weighted by Gasteiger charge is 2.15. The van der Waals surface area contributed by atoms with Crippen molar-refractivity contribution in [3.63, 3.8) is 0 Å². The van der Waals surface area contributed by atoms with Gasteiger partial charge in [0.25, 0.3) is 0 Å². The largest absolute Gasteiger partial charge is 0.341 e. The fourth-order valence-corrected chi connectivity index (χ4v) is 1.07. The highest BCUT2D eigenvalue weighted by molar-refractivity contribution is 6.31. The molecule has 0 bridgehead atoms. The Bertz CT molecular complexity index is 242. The van der Waals surface area contributed by atoms with Gasteiger partial charge in [-0.15, -0.1) is 0 Å². The molecule has 1 saturated heterocycles. The van der Waals surface area contributed by atoms with E-state index in [2.05, 4.69) is 14.9 Å². The maximum atomic E-state index is 4.22. The predicted molar refractivity (Wildman–Crippen MR) is 47.0 cm³/mol. The average molecular weight is 147 g/mol. The molecule has 0 aliphatic carbocycles. The van der Waals surface area contributed by atoms with E-state index in [9.17, 15) is 0 Å². The van der Waals surface area contributed by atoms with Crippen molar-refractivity contribution >= 4 is 19.3 Å². The Morgan fingerprint density at radius 3 is 2.36 bits per heavy atom. The average Bonchev–Trinajstić information content (AvgIpc) is 1.90. The molecule has 11 heavy (non-hydrogen) atoms. The van der Waals surface area contributed by atoms with Gasteiger partial charge in [-0.3, -0.25) is 0 Å². The maximum absolute atomic E-state index is 4.22. The second-order valence-electron chi connectivity index (χ2n) is 2.90. The molecular formula is C7H10BN3. The van der Waals surface area contributed by atoms with E-state index < -0.39 is 0 Å². The molecule has 3 nitrogen and oxygen atoms in total. The Morgan fingerprint density at radius 2 is 1.91 bits per heavy atom.